The first-order chi connectivity index (χ1) is 10.9. The standard InChI is InChI=1S/C17H21ClN2O2S/c1-4-20(10-8-15-7-5-6-9-19-15)23(21,22)17-12-13(2)16(18)11-14(17)3/h5-7,9,11-12H,4,8,10H2,1-3H3. The minimum absolute atomic E-state index is 0.322. The third kappa shape index (κ3) is 4.10. The van der Waals surface area contributed by atoms with E-state index in [0.717, 1.165) is 11.3 Å². The van der Waals surface area contributed by atoms with Crippen molar-refractivity contribution in [1.29, 1.82) is 0 Å². The fraction of sp³-hybridized carbons (Fsp3) is 0.353. The molecule has 0 unspecified atom stereocenters. The second-order valence-corrected chi connectivity index (χ2v) is 7.75. The zero-order chi connectivity index (χ0) is 17.0. The molecule has 23 heavy (non-hydrogen) atoms. The van der Waals surface area contributed by atoms with Crippen molar-refractivity contribution < 1.29 is 8.42 Å². The summed E-state index contributed by atoms with van der Waals surface area (Å²) in [5.41, 5.74) is 2.30. The number of hydrogen-bond acceptors (Lipinski definition) is 3. The first kappa shape index (κ1) is 17.9. The van der Waals surface area contributed by atoms with Crippen LogP contribution in [0.2, 0.25) is 5.02 Å². The Hall–Kier alpha value is -1.43. The van der Waals surface area contributed by atoms with E-state index >= 15 is 0 Å². The minimum atomic E-state index is -3.54. The van der Waals surface area contributed by atoms with Crippen molar-refractivity contribution >= 4 is 21.6 Å². The Kier molecular flexibility index (Phi) is 5.79. The number of hydrogen-bond donors (Lipinski definition) is 0. The van der Waals surface area contributed by atoms with Gasteiger partial charge < -0.3 is 0 Å². The van der Waals surface area contributed by atoms with Gasteiger partial charge in [0.25, 0.3) is 0 Å². The number of pyridine rings is 1. The number of aromatic nitrogens is 1. The third-order valence-corrected chi connectivity index (χ3v) is 6.29. The number of nitrogens with zero attached hydrogens (tertiary/aromatic N) is 2. The molecule has 2 aromatic rings. The maximum Gasteiger partial charge on any atom is 0.243 e. The summed E-state index contributed by atoms with van der Waals surface area (Å²) in [4.78, 5) is 4.57. The van der Waals surface area contributed by atoms with Gasteiger partial charge in [0, 0.05) is 36.4 Å². The van der Waals surface area contributed by atoms with Crippen LogP contribution in [0.15, 0.2) is 41.4 Å². The Morgan fingerprint density at radius 2 is 1.91 bits per heavy atom. The van der Waals surface area contributed by atoms with E-state index in [2.05, 4.69) is 4.98 Å². The van der Waals surface area contributed by atoms with E-state index < -0.39 is 10.0 Å². The number of rotatable bonds is 6. The van der Waals surface area contributed by atoms with E-state index in [1.54, 1.807) is 25.3 Å². The van der Waals surface area contributed by atoms with Crippen molar-refractivity contribution in [2.75, 3.05) is 13.1 Å². The van der Waals surface area contributed by atoms with Crippen molar-refractivity contribution in [1.82, 2.24) is 9.29 Å². The molecule has 124 valence electrons. The zero-order valence-corrected chi connectivity index (χ0v) is 15.2. The van der Waals surface area contributed by atoms with Crippen molar-refractivity contribution in [2.45, 2.75) is 32.1 Å². The van der Waals surface area contributed by atoms with Crippen molar-refractivity contribution in [2.24, 2.45) is 0 Å². The highest BCUT2D eigenvalue weighted by Crippen LogP contribution is 2.26. The predicted octanol–water partition coefficient (Wildman–Crippen LogP) is 3.61. The molecule has 0 saturated heterocycles. The first-order valence-corrected chi connectivity index (χ1v) is 9.35. The zero-order valence-electron chi connectivity index (χ0n) is 13.6. The van der Waals surface area contributed by atoms with Gasteiger partial charge in [0.05, 0.1) is 4.90 Å². The SMILES string of the molecule is CCN(CCc1ccccn1)S(=O)(=O)c1cc(C)c(Cl)cc1C. The van der Waals surface area contributed by atoms with E-state index in [-0.39, 0.29) is 0 Å². The van der Waals surface area contributed by atoms with Crippen LogP contribution in [0, 0.1) is 13.8 Å². The Bertz CT molecular complexity index is 777. The number of halogens is 1. The van der Waals surface area contributed by atoms with Crippen LogP contribution in [0.3, 0.4) is 0 Å². The molecule has 0 amide bonds. The quantitative estimate of drug-likeness (QED) is 0.798. The number of sulfonamides is 1. The van der Waals surface area contributed by atoms with Crippen LogP contribution in [0.1, 0.15) is 23.7 Å². The summed E-state index contributed by atoms with van der Waals surface area (Å²) in [7, 11) is -3.54. The highest BCUT2D eigenvalue weighted by atomic mass is 35.5. The summed E-state index contributed by atoms with van der Waals surface area (Å²) in [6.45, 7) is 6.23. The molecule has 4 nitrogen and oxygen atoms in total. The summed E-state index contributed by atoms with van der Waals surface area (Å²) in [5, 5.41) is 0.581. The van der Waals surface area contributed by atoms with Crippen LogP contribution in [-0.2, 0) is 16.4 Å². The summed E-state index contributed by atoms with van der Waals surface area (Å²) < 4.78 is 27.3. The average Bonchev–Trinajstić information content (AvgIpc) is 2.52. The fourth-order valence-corrected chi connectivity index (χ4v) is 4.36. The Morgan fingerprint density at radius 1 is 1.17 bits per heavy atom. The molecule has 0 spiro atoms. The van der Waals surface area contributed by atoms with E-state index in [9.17, 15) is 8.42 Å². The third-order valence-electron chi connectivity index (χ3n) is 3.77. The smallest absolute Gasteiger partial charge is 0.243 e. The molecule has 1 aromatic carbocycles. The Labute approximate surface area is 143 Å². The molecule has 2 rings (SSSR count). The van der Waals surface area contributed by atoms with Gasteiger partial charge in [-0.25, -0.2) is 8.42 Å². The molecule has 0 aliphatic rings. The van der Waals surface area contributed by atoms with E-state index in [4.69, 9.17) is 11.6 Å². The molecule has 0 bridgehead atoms. The van der Waals surface area contributed by atoms with Gasteiger partial charge in [0.15, 0.2) is 0 Å². The highest BCUT2D eigenvalue weighted by molar-refractivity contribution is 7.89. The van der Waals surface area contributed by atoms with Gasteiger partial charge in [-0.15, -0.1) is 0 Å². The largest absolute Gasteiger partial charge is 0.261 e. The molecule has 0 aliphatic heterocycles. The molecule has 6 heteroatoms. The van der Waals surface area contributed by atoms with Gasteiger partial charge in [0.1, 0.15) is 0 Å². The van der Waals surface area contributed by atoms with Gasteiger partial charge >= 0.3 is 0 Å². The molecule has 0 N–H and O–H groups in total. The highest BCUT2D eigenvalue weighted by Gasteiger charge is 2.25. The van der Waals surface area contributed by atoms with Gasteiger partial charge in [-0.05, 0) is 49.2 Å². The van der Waals surface area contributed by atoms with E-state index in [0.29, 0.717) is 35.0 Å². The summed E-state index contributed by atoms with van der Waals surface area (Å²) in [6, 6.07) is 9.00. The van der Waals surface area contributed by atoms with Crippen LogP contribution in [0.25, 0.3) is 0 Å². The lowest BCUT2D eigenvalue weighted by Gasteiger charge is -2.22. The van der Waals surface area contributed by atoms with Crippen LogP contribution >= 0.6 is 11.6 Å². The predicted molar refractivity (Wildman–Crippen MR) is 93.3 cm³/mol. The van der Waals surface area contributed by atoms with Gasteiger partial charge in [0.2, 0.25) is 10.0 Å². The molecule has 0 aliphatic carbocycles. The van der Waals surface area contributed by atoms with Crippen LogP contribution in [-0.4, -0.2) is 30.8 Å². The van der Waals surface area contributed by atoms with E-state index in [1.165, 1.54) is 4.31 Å². The van der Waals surface area contributed by atoms with Gasteiger partial charge in [-0.3, -0.25) is 4.98 Å². The van der Waals surface area contributed by atoms with Crippen LogP contribution < -0.4 is 0 Å². The molecule has 1 aromatic heterocycles. The molecule has 0 radical (unpaired) electrons. The maximum atomic E-state index is 12.9. The van der Waals surface area contributed by atoms with Gasteiger partial charge in [-0.1, -0.05) is 24.6 Å². The lowest BCUT2D eigenvalue weighted by atomic mass is 10.2. The fourth-order valence-electron chi connectivity index (χ4n) is 2.40. The van der Waals surface area contributed by atoms with E-state index in [1.807, 2.05) is 32.0 Å². The molecular weight excluding hydrogens is 332 g/mol. The van der Waals surface area contributed by atoms with Gasteiger partial charge in [-0.2, -0.15) is 4.31 Å². The average molecular weight is 353 g/mol. The Balaban J connectivity index is 2.27. The van der Waals surface area contributed by atoms with Crippen molar-refractivity contribution in [3.63, 3.8) is 0 Å². The van der Waals surface area contributed by atoms with Crippen molar-refractivity contribution in [3.05, 3.63) is 58.4 Å². The second kappa shape index (κ2) is 7.43. The lowest BCUT2D eigenvalue weighted by Crippen LogP contribution is -2.33. The molecule has 0 atom stereocenters. The summed E-state index contributed by atoms with van der Waals surface area (Å²) in [5.74, 6) is 0. The molecular formula is C17H21ClN2O2S. The number of likely N-dealkylation sites (N-methyl/N-ethyl adjacent to an activating group) is 1. The molecule has 1 heterocycles. The van der Waals surface area contributed by atoms with Crippen LogP contribution in [0.4, 0.5) is 0 Å². The molecule has 0 fully saturated rings. The summed E-state index contributed by atoms with van der Waals surface area (Å²) in [6.07, 6.45) is 2.30. The van der Waals surface area contributed by atoms with Crippen molar-refractivity contribution in [3.8, 4) is 0 Å². The lowest BCUT2D eigenvalue weighted by molar-refractivity contribution is 0.429. The monoisotopic (exact) mass is 352 g/mol. The number of benzene rings is 1. The van der Waals surface area contributed by atoms with Crippen LogP contribution in [0.5, 0.6) is 0 Å². The topological polar surface area (TPSA) is 50.3 Å². The number of aryl methyl sites for hydroxylation is 2. The Morgan fingerprint density at radius 3 is 2.52 bits per heavy atom. The first-order valence-electron chi connectivity index (χ1n) is 7.53. The molecule has 0 saturated carbocycles. The second-order valence-electron chi connectivity index (χ2n) is 5.43. The normalized spacial score (nSPS) is 11.9. The summed E-state index contributed by atoms with van der Waals surface area (Å²) >= 11 is 6.07. The minimum Gasteiger partial charge on any atom is -0.261 e. The maximum absolute atomic E-state index is 12.9.